The summed E-state index contributed by atoms with van der Waals surface area (Å²) in [5.41, 5.74) is 3.73. The third-order valence-electron chi connectivity index (χ3n) is 4.27. The molecule has 1 aromatic carbocycles. The van der Waals surface area contributed by atoms with E-state index in [9.17, 15) is 0 Å². The summed E-state index contributed by atoms with van der Waals surface area (Å²) in [6.45, 7) is 0.486. The normalized spacial score (nSPS) is 10.7. The van der Waals surface area contributed by atoms with E-state index in [2.05, 4.69) is 19.6 Å². The van der Waals surface area contributed by atoms with Gasteiger partial charge in [0.2, 0.25) is 0 Å². The van der Waals surface area contributed by atoms with Crippen LogP contribution < -0.4 is 0 Å². The molecular formula is C20H17N5O3. The molecule has 0 bridgehead atoms. The number of rotatable bonds is 4. The van der Waals surface area contributed by atoms with Gasteiger partial charge < -0.3 is 14.1 Å². The number of imidazole rings is 1. The van der Waals surface area contributed by atoms with Gasteiger partial charge in [0.05, 0.1) is 11.7 Å². The van der Waals surface area contributed by atoms with Crippen LogP contribution in [0.15, 0.2) is 71.5 Å². The zero-order valence-electron chi connectivity index (χ0n) is 14.8. The van der Waals surface area contributed by atoms with Crippen molar-refractivity contribution in [3.63, 3.8) is 0 Å². The zero-order chi connectivity index (χ0) is 19.3. The second-order valence-corrected chi connectivity index (χ2v) is 5.95. The highest BCUT2D eigenvalue weighted by Gasteiger charge is 2.12. The Morgan fingerprint density at radius 2 is 1.93 bits per heavy atom. The third-order valence-corrected chi connectivity index (χ3v) is 4.27. The zero-order valence-corrected chi connectivity index (χ0v) is 14.8. The minimum Gasteiger partial charge on any atom is -0.483 e. The average molecular weight is 375 g/mol. The number of hydrogen-bond acceptors (Lipinski definition) is 5. The average Bonchev–Trinajstić information content (AvgIpc) is 3.44. The first kappa shape index (κ1) is 17.5. The lowest BCUT2D eigenvalue weighted by Crippen LogP contribution is -2.05. The molecular weight excluding hydrogens is 358 g/mol. The Morgan fingerprint density at radius 3 is 2.79 bits per heavy atom. The molecule has 0 radical (unpaired) electrons. The molecule has 28 heavy (non-hydrogen) atoms. The number of pyridine rings is 1. The number of hydrogen-bond donors (Lipinski definition) is 1. The maximum atomic E-state index is 8.36. The molecule has 0 aliphatic carbocycles. The van der Waals surface area contributed by atoms with Crippen LogP contribution in [0.25, 0.3) is 28.1 Å². The number of nitrogens with zero attached hydrogens (tertiary/aromatic N) is 5. The highest BCUT2D eigenvalue weighted by atomic mass is 16.3. The summed E-state index contributed by atoms with van der Waals surface area (Å²) in [4.78, 5) is 17.4. The van der Waals surface area contributed by atoms with Crippen LogP contribution in [0.2, 0.25) is 0 Å². The van der Waals surface area contributed by atoms with E-state index in [-0.39, 0.29) is 6.47 Å². The fraction of sp³-hybridized carbons (Fsp3) is 0.100. The maximum absolute atomic E-state index is 8.36. The van der Waals surface area contributed by atoms with Crippen LogP contribution in [0.3, 0.4) is 0 Å². The van der Waals surface area contributed by atoms with Gasteiger partial charge in [-0.1, -0.05) is 18.2 Å². The molecule has 4 heterocycles. The van der Waals surface area contributed by atoms with Crippen molar-refractivity contribution in [2.45, 2.75) is 13.0 Å². The summed E-state index contributed by atoms with van der Waals surface area (Å²) in [6, 6.07) is 15.9. The molecule has 4 aromatic heterocycles. The number of aromatic nitrogens is 5. The van der Waals surface area contributed by atoms with Gasteiger partial charge in [-0.25, -0.2) is 14.5 Å². The molecule has 0 unspecified atom stereocenters. The van der Waals surface area contributed by atoms with Crippen molar-refractivity contribution in [3.8, 4) is 11.5 Å². The lowest BCUT2D eigenvalue weighted by molar-refractivity contribution is -0.122. The Labute approximate surface area is 159 Å². The summed E-state index contributed by atoms with van der Waals surface area (Å²) in [7, 11) is 0. The van der Waals surface area contributed by atoms with Crippen LogP contribution in [-0.2, 0) is 17.8 Å². The van der Waals surface area contributed by atoms with Crippen molar-refractivity contribution in [2.24, 2.45) is 0 Å². The van der Waals surface area contributed by atoms with Gasteiger partial charge in [-0.05, 0) is 30.3 Å². The largest absolute Gasteiger partial charge is 0.483 e. The van der Waals surface area contributed by atoms with Gasteiger partial charge in [0.15, 0.2) is 17.3 Å². The van der Waals surface area contributed by atoms with Crippen LogP contribution in [0, 0.1) is 0 Å². The number of fused-ring (bicyclic) bond motifs is 2. The lowest BCUT2D eigenvalue weighted by Gasteiger charge is -2.08. The van der Waals surface area contributed by atoms with E-state index in [0.29, 0.717) is 6.42 Å². The highest BCUT2D eigenvalue weighted by Crippen LogP contribution is 2.20. The number of carboxylic acid groups (broad SMARTS) is 1. The van der Waals surface area contributed by atoms with Gasteiger partial charge in [-0.2, -0.15) is 5.10 Å². The molecule has 0 fully saturated rings. The highest BCUT2D eigenvalue weighted by molar-refractivity contribution is 5.72. The van der Waals surface area contributed by atoms with Gasteiger partial charge in [-0.15, -0.1) is 0 Å². The predicted molar refractivity (Wildman–Crippen MR) is 103 cm³/mol. The fourth-order valence-electron chi connectivity index (χ4n) is 3.08. The molecule has 0 spiro atoms. The van der Waals surface area contributed by atoms with Crippen molar-refractivity contribution in [2.75, 3.05) is 0 Å². The second-order valence-electron chi connectivity index (χ2n) is 5.95. The van der Waals surface area contributed by atoms with Crippen molar-refractivity contribution >= 4 is 23.1 Å². The van der Waals surface area contributed by atoms with E-state index in [1.807, 2.05) is 65.4 Å². The third kappa shape index (κ3) is 3.35. The van der Waals surface area contributed by atoms with Gasteiger partial charge >= 0.3 is 0 Å². The molecule has 1 N–H and O–H groups in total. The molecule has 5 rings (SSSR count). The molecule has 140 valence electrons. The number of oxazole rings is 1. The molecule has 5 aromatic rings. The summed E-state index contributed by atoms with van der Waals surface area (Å²) < 4.78 is 9.81. The van der Waals surface area contributed by atoms with Gasteiger partial charge in [0.1, 0.15) is 11.2 Å². The molecule has 0 aliphatic heterocycles. The minimum atomic E-state index is -0.250. The molecule has 8 heteroatoms. The summed E-state index contributed by atoms with van der Waals surface area (Å²) in [5.74, 6) is 1.61. The van der Waals surface area contributed by atoms with E-state index in [0.717, 1.165) is 40.6 Å². The van der Waals surface area contributed by atoms with Crippen LogP contribution in [0.1, 0.15) is 5.89 Å². The summed E-state index contributed by atoms with van der Waals surface area (Å²) in [6.07, 6.45) is 6.28. The Bertz CT molecular complexity index is 1190. The molecule has 8 nitrogen and oxygen atoms in total. The van der Waals surface area contributed by atoms with E-state index in [1.165, 1.54) is 0 Å². The quantitative estimate of drug-likeness (QED) is 0.484. The SMILES string of the molecule is O=CO.c1ccc2oc(CCn3ccnc3-c3cccc4ccnn34)nc2c1. The molecule has 0 aliphatic rings. The van der Waals surface area contributed by atoms with Crippen LogP contribution >= 0.6 is 0 Å². The topological polar surface area (TPSA) is 98.4 Å². The first-order valence-corrected chi connectivity index (χ1v) is 8.66. The first-order valence-electron chi connectivity index (χ1n) is 8.66. The predicted octanol–water partition coefficient (Wildman–Crippen LogP) is 3.28. The number of aryl methyl sites for hydroxylation is 2. The number of carbonyl (C=O) groups is 1. The van der Waals surface area contributed by atoms with E-state index < -0.39 is 0 Å². The van der Waals surface area contributed by atoms with E-state index >= 15 is 0 Å². The molecule has 0 amide bonds. The first-order chi connectivity index (χ1) is 13.8. The van der Waals surface area contributed by atoms with Gasteiger partial charge in [0.25, 0.3) is 6.47 Å². The Hall–Kier alpha value is -3.94. The maximum Gasteiger partial charge on any atom is 0.290 e. The smallest absolute Gasteiger partial charge is 0.290 e. The lowest BCUT2D eigenvalue weighted by atomic mass is 10.3. The van der Waals surface area contributed by atoms with Crippen LogP contribution in [-0.4, -0.2) is 35.7 Å². The van der Waals surface area contributed by atoms with Gasteiger partial charge in [0, 0.05) is 25.4 Å². The molecule has 0 atom stereocenters. The second kappa shape index (κ2) is 7.75. The summed E-state index contributed by atoms with van der Waals surface area (Å²) in [5, 5.41) is 11.3. The molecule has 0 saturated carbocycles. The van der Waals surface area contributed by atoms with Crippen LogP contribution in [0.4, 0.5) is 0 Å². The summed E-state index contributed by atoms with van der Waals surface area (Å²) >= 11 is 0. The number of para-hydroxylation sites is 2. The minimum absolute atomic E-state index is 0.250. The Kier molecular flexibility index (Phi) is 4.83. The van der Waals surface area contributed by atoms with Crippen molar-refractivity contribution in [3.05, 3.63) is 73.0 Å². The van der Waals surface area contributed by atoms with Crippen LogP contribution in [0.5, 0.6) is 0 Å². The van der Waals surface area contributed by atoms with Crippen molar-refractivity contribution < 1.29 is 14.3 Å². The van der Waals surface area contributed by atoms with E-state index in [1.54, 1.807) is 6.20 Å². The monoisotopic (exact) mass is 375 g/mol. The number of benzene rings is 1. The fourth-order valence-corrected chi connectivity index (χ4v) is 3.08. The standard InChI is InChI=1S/C19H15N5O.CH2O2/c1-2-7-17-15(5-1)22-18(25-17)9-12-23-13-11-20-19(23)16-6-3-4-14-8-10-21-24(14)16;2-1-3/h1-8,10-11,13H,9,12H2;1H,(H,2,3). The van der Waals surface area contributed by atoms with Crippen molar-refractivity contribution in [1.82, 2.24) is 24.1 Å². The Morgan fingerprint density at radius 1 is 1.07 bits per heavy atom. The van der Waals surface area contributed by atoms with Crippen molar-refractivity contribution in [1.29, 1.82) is 0 Å². The Balaban J connectivity index is 0.000000604. The van der Waals surface area contributed by atoms with E-state index in [4.69, 9.17) is 14.3 Å². The molecule has 0 saturated heterocycles. The van der Waals surface area contributed by atoms with Gasteiger partial charge in [-0.3, -0.25) is 4.79 Å².